The Balaban J connectivity index is 2.13. The van der Waals surface area contributed by atoms with E-state index in [2.05, 4.69) is 12.2 Å². The van der Waals surface area contributed by atoms with Crippen molar-refractivity contribution in [3.05, 3.63) is 47.0 Å². The fraction of sp³-hybridized carbons (Fsp3) is 0.500. The van der Waals surface area contributed by atoms with Crippen LogP contribution in [0.4, 0.5) is 13.2 Å². The number of alkyl halides is 3. The molecule has 0 amide bonds. The third-order valence-electron chi connectivity index (χ3n) is 4.36. The van der Waals surface area contributed by atoms with Gasteiger partial charge in [-0.15, -0.1) is 0 Å². The van der Waals surface area contributed by atoms with E-state index in [-0.39, 0.29) is 5.41 Å². The Hall–Kier alpha value is -1.25. The molecule has 0 saturated heterocycles. The van der Waals surface area contributed by atoms with E-state index in [9.17, 15) is 13.2 Å². The molecule has 2 aliphatic carbocycles. The van der Waals surface area contributed by atoms with Gasteiger partial charge in [0.15, 0.2) is 0 Å². The molecule has 2 atom stereocenters. The molecular formula is C16H17F3. The molecule has 0 nitrogen and oxygen atoms in total. The van der Waals surface area contributed by atoms with Gasteiger partial charge in [0.25, 0.3) is 0 Å². The van der Waals surface area contributed by atoms with E-state index >= 15 is 0 Å². The molecule has 0 N–H and O–H groups in total. The van der Waals surface area contributed by atoms with Crippen LogP contribution in [0.2, 0.25) is 0 Å². The summed E-state index contributed by atoms with van der Waals surface area (Å²) in [6, 6.07) is 4.29. The summed E-state index contributed by atoms with van der Waals surface area (Å²) < 4.78 is 38.7. The molecule has 1 aromatic carbocycles. The lowest BCUT2D eigenvalue weighted by Crippen LogP contribution is -2.20. The first-order valence-corrected chi connectivity index (χ1v) is 6.67. The largest absolute Gasteiger partial charge is 0.416 e. The third kappa shape index (κ3) is 2.19. The third-order valence-corrected chi connectivity index (χ3v) is 4.36. The van der Waals surface area contributed by atoms with Crippen LogP contribution in [0.5, 0.6) is 0 Å². The second-order valence-corrected chi connectivity index (χ2v) is 6.32. The van der Waals surface area contributed by atoms with Crippen LogP contribution in [0, 0.1) is 5.92 Å². The molecule has 1 saturated carbocycles. The highest BCUT2D eigenvalue weighted by Crippen LogP contribution is 2.53. The Morgan fingerprint density at radius 3 is 2.63 bits per heavy atom. The number of hydrogen-bond acceptors (Lipinski definition) is 0. The zero-order valence-corrected chi connectivity index (χ0v) is 11.1. The minimum Gasteiger partial charge on any atom is -0.166 e. The van der Waals surface area contributed by atoms with E-state index in [4.69, 9.17) is 0 Å². The monoisotopic (exact) mass is 266 g/mol. The van der Waals surface area contributed by atoms with Crippen molar-refractivity contribution in [2.75, 3.05) is 0 Å². The number of benzene rings is 1. The predicted molar refractivity (Wildman–Crippen MR) is 69.1 cm³/mol. The quantitative estimate of drug-likeness (QED) is 0.577. The van der Waals surface area contributed by atoms with Gasteiger partial charge in [-0.05, 0) is 53.4 Å². The summed E-state index contributed by atoms with van der Waals surface area (Å²) in [5.74, 6) is 0.958. The van der Waals surface area contributed by atoms with E-state index in [1.54, 1.807) is 6.07 Å². The lowest BCUT2D eigenvalue weighted by molar-refractivity contribution is -0.137. The molecule has 1 fully saturated rings. The van der Waals surface area contributed by atoms with Crippen LogP contribution in [0.25, 0.3) is 0 Å². The molecule has 0 radical (unpaired) electrons. The average Bonchev–Trinajstić information content (AvgIpc) is 3.04. The lowest BCUT2D eigenvalue weighted by Gasteiger charge is -2.29. The topological polar surface area (TPSA) is 0 Å². The smallest absolute Gasteiger partial charge is 0.166 e. The second-order valence-electron chi connectivity index (χ2n) is 6.32. The molecule has 19 heavy (non-hydrogen) atoms. The van der Waals surface area contributed by atoms with Crippen molar-refractivity contribution in [2.24, 2.45) is 5.92 Å². The SMILES string of the molecule is CC1(C)CC=CC2CC2c2ccc(C(F)(F)F)cc21. The second kappa shape index (κ2) is 3.87. The van der Waals surface area contributed by atoms with Crippen LogP contribution < -0.4 is 0 Å². The summed E-state index contributed by atoms with van der Waals surface area (Å²) >= 11 is 0. The summed E-state index contributed by atoms with van der Waals surface area (Å²) in [5.41, 5.74) is 1.23. The fourth-order valence-electron chi connectivity index (χ4n) is 3.07. The number of allylic oxidation sites excluding steroid dienone is 2. The summed E-state index contributed by atoms with van der Waals surface area (Å²) in [6.45, 7) is 4.05. The van der Waals surface area contributed by atoms with Crippen molar-refractivity contribution in [1.82, 2.24) is 0 Å². The average molecular weight is 266 g/mol. The van der Waals surface area contributed by atoms with Gasteiger partial charge in [0.2, 0.25) is 0 Å². The Labute approximate surface area is 111 Å². The molecule has 3 heteroatoms. The molecular weight excluding hydrogens is 249 g/mol. The first-order chi connectivity index (χ1) is 8.79. The minimum absolute atomic E-state index is 0.235. The van der Waals surface area contributed by atoms with E-state index in [1.807, 2.05) is 13.8 Å². The molecule has 0 aliphatic heterocycles. The number of hydrogen-bond donors (Lipinski definition) is 0. The van der Waals surface area contributed by atoms with Crippen molar-refractivity contribution in [3.63, 3.8) is 0 Å². The summed E-state index contributed by atoms with van der Waals surface area (Å²) in [4.78, 5) is 0. The van der Waals surface area contributed by atoms with Crippen molar-refractivity contribution < 1.29 is 13.2 Å². The van der Waals surface area contributed by atoms with Crippen molar-refractivity contribution in [1.29, 1.82) is 0 Å². The minimum atomic E-state index is -4.26. The maximum atomic E-state index is 12.9. The number of fused-ring (bicyclic) bond motifs is 3. The summed E-state index contributed by atoms with van der Waals surface area (Å²) in [6.07, 6.45) is 1.97. The Morgan fingerprint density at radius 1 is 1.21 bits per heavy atom. The molecule has 0 bridgehead atoms. The Bertz CT molecular complexity index is 537. The zero-order chi connectivity index (χ0) is 13.8. The molecule has 0 spiro atoms. The molecule has 3 rings (SSSR count). The highest BCUT2D eigenvalue weighted by molar-refractivity contribution is 5.44. The first kappa shape index (κ1) is 12.8. The molecule has 2 unspecified atom stereocenters. The van der Waals surface area contributed by atoms with Crippen LogP contribution >= 0.6 is 0 Å². The number of rotatable bonds is 0. The molecule has 102 valence electrons. The molecule has 1 aromatic rings. The van der Waals surface area contributed by atoms with Crippen LogP contribution in [-0.4, -0.2) is 0 Å². The summed E-state index contributed by atoms with van der Waals surface area (Å²) in [7, 11) is 0. The maximum absolute atomic E-state index is 12.9. The zero-order valence-electron chi connectivity index (χ0n) is 11.1. The van der Waals surface area contributed by atoms with Gasteiger partial charge < -0.3 is 0 Å². The van der Waals surface area contributed by atoms with Gasteiger partial charge in [-0.3, -0.25) is 0 Å². The van der Waals surface area contributed by atoms with E-state index in [1.165, 1.54) is 12.1 Å². The molecule has 2 aliphatic rings. The standard InChI is InChI=1S/C16H17F3/c1-15(2)7-3-4-10-8-13(10)12-6-5-11(9-14(12)15)16(17,18)19/h3-6,9-10,13H,7-8H2,1-2H3. The van der Waals surface area contributed by atoms with Gasteiger partial charge in [0.1, 0.15) is 0 Å². The van der Waals surface area contributed by atoms with Gasteiger partial charge in [-0.2, -0.15) is 13.2 Å². The van der Waals surface area contributed by atoms with Crippen LogP contribution in [0.3, 0.4) is 0 Å². The van der Waals surface area contributed by atoms with Crippen LogP contribution in [0.15, 0.2) is 30.4 Å². The highest BCUT2D eigenvalue weighted by atomic mass is 19.4. The normalized spacial score (nSPS) is 28.1. The van der Waals surface area contributed by atoms with Crippen LogP contribution in [0.1, 0.15) is 49.3 Å². The van der Waals surface area contributed by atoms with Gasteiger partial charge in [0.05, 0.1) is 5.56 Å². The van der Waals surface area contributed by atoms with E-state index in [0.717, 1.165) is 24.0 Å². The lowest BCUT2D eigenvalue weighted by atomic mass is 9.76. The molecule has 0 heterocycles. The Morgan fingerprint density at radius 2 is 1.95 bits per heavy atom. The van der Waals surface area contributed by atoms with Gasteiger partial charge in [-0.25, -0.2) is 0 Å². The fourth-order valence-corrected chi connectivity index (χ4v) is 3.07. The van der Waals surface area contributed by atoms with Gasteiger partial charge in [-0.1, -0.05) is 32.1 Å². The van der Waals surface area contributed by atoms with Crippen LogP contribution in [-0.2, 0) is 11.6 Å². The number of halogens is 3. The van der Waals surface area contributed by atoms with Gasteiger partial charge in [0, 0.05) is 0 Å². The van der Waals surface area contributed by atoms with E-state index < -0.39 is 11.7 Å². The summed E-state index contributed by atoms with van der Waals surface area (Å²) in [5, 5.41) is 0. The first-order valence-electron chi connectivity index (χ1n) is 6.67. The highest BCUT2D eigenvalue weighted by Gasteiger charge is 2.42. The Kier molecular flexibility index (Phi) is 2.60. The predicted octanol–water partition coefficient (Wildman–Crippen LogP) is 5.05. The van der Waals surface area contributed by atoms with Crippen molar-refractivity contribution in [2.45, 2.75) is 44.2 Å². The van der Waals surface area contributed by atoms with Crippen molar-refractivity contribution in [3.8, 4) is 0 Å². The van der Waals surface area contributed by atoms with E-state index in [0.29, 0.717) is 11.8 Å². The maximum Gasteiger partial charge on any atom is 0.416 e. The molecule has 0 aromatic heterocycles. The van der Waals surface area contributed by atoms with Crippen molar-refractivity contribution >= 4 is 0 Å². The van der Waals surface area contributed by atoms with Gasteiger partial charge >= 0.3 is 6.18 Å².